The lowest BCUT2D eigenvalue weighted by molar-refractivity contribution is 0.0775. The molecule has 1 aromatic carbocycles. The summed E-state index contributed by atoms with van der Waals surface area (Å²) in [5.41, 5.74) is 11.1. The molecule has 1 amide bonds. The van der Waals surface area contributed by atoms with Crippen molar-refractivity contribution in [1.29, 1.82) is 0 Å². The first kappa shape index (κ1) is 15.1. The highest BCUT2D eigenvalue weighted by atomic mass is 16.2. The van der Waals surface area contributed by atoms with Crippen LogP contribution < -0.4 is 5.73 Å². The molecule has 0 aliphatic rings. The first-order valence-electron chi connectivity index (χ1n) is 6.92. The summed E-state index contributed by atoms with van der Waals surface area (Å²) in [4.78, 5) is 14.2. The molecule has 0 radical (unpaired) electrons. The minimum absolute atomic E-state index is 0.115. The highest BCUT2D eigenvalue weighted by Gasteiger charge is 2.21. The molecule has 5 nitrogen and oxygen atoms in total. The van der Waals surface area contributed by atoms with E-state index in [0.717, 1.165) is 5.56 Å². The average Bonchev–Trinajstić information content (AvgIpc) is 2.66. The second-order valence-corrected chi connectivity index (χ2v) is 5.56. The van der Waals surface area contributed by atoms with Gasteiger partial charge in [0.15, 0.2) is 0 Å². The maximum absolute atomic E-state index is 12.6. The van der Waals surface area contributed by atoms with Crippen LogP contribution in [-0.4, -0.2) is 27.6 Å². The molecule has 21 heavy (non-hydrogen) atoms. The summed E-state index contributed by atoms with van der Waals surface area (Å²) in [6.07, 6.45) is 0. The van der Waals surface area contributed by atoms with Gasteiger partial charge in [0.25, 0.3) is 5.91 Å². The Balaban J connectivity index is 2.23. The number of nitrogen functional groups attached to an aromatic ring is 1. The van der Waals surface area contributed by atoms with E-state index >= 15 is 0 Å². The Bertz CT molecular complexity index is 688. The van der Waals surface area contributed by atoms with Gasteiger partial charge in [0.2, 0.25) is 0 Å². The second kappa shape index (κ2) is 5.60. The van der Waals surface area contributed by atoms with Gasteiger partial charge >= 0.3 is 0 Å². The second-order valence-electron chi connectivity index (χ2n) is 5.56. The van der Waals surface area contributed by atoms with E-state index in [4.69, 9.17) is 5.73 Å². The third kappa shape index (κ3) is 2.91. The molecule has 0 saturated heterocycles. The molecule has 0 fully saturated rings. The normalized spacial score (nSPS) is 10.7. The smallest absolute Gasteiger partial charge is 0.274 e. The Morgan fingerprint density at radius 1 is 1.33 bits per heavy atom. The maximum Gasteiger partial charge on any atom is 0.274 e. The molecule has 2 aromatic rings. The molecule has 0 unspecified atom stereocenters. The van der Waals surface area contributed by atoms with Gasteiger partial charge in [0.1, 0.15) is 5.69 Å². The monoisotopic (exact) mass is 286 g/mol. The zero-order chi connectivity index (χ0) is 15.7. The predicted molar refractivity (Wildman–Crippen MR) is 84.1 cm³/mol. The van der Waals surface area contributed by atoms with Crippen molar-refractivity contribution in [2.45, 2.75) is 27.3 Å². The molecule has 5 heteroatoms. The lowest BCUT2D eigenvalue weighted by Crippen LogP contribution is -2.29. The average molecular weight is 286 g/mol. The number of hydrogen-bond donors (Lipinski definition) is 1. The van der Waals surface area contributed by atoms with E-state index in [1.54, 1.807) is 30.6 Å². The molecule has 112 valence electrons. The van der Waals surface area contributed by atoms with Gasteiger partial charge in [-0.25, -0.2) is 0 Å². The van der Waals surface area contributed by atoms with Gasteiger partial charge < -0.3 is 10.6 Å². The fourth-order valence-corrected chi connectivity index (χ4v) is 2.46. The van der Waals surface area contributed by atoms with Crippen LogP contribution in [0.15, 0.2) is 18.2 Å². The van der Waals surface area contributed by atoms with Crippen LogP contribution in [0, 0.1) is 20.8 Å². The molecule has 0 atom stereocenters. The summed E-state index contributed by atoms with van der Waals surface area (Å²) in [5.74, 6) is -0.115. The quantitative estimate of drug-likeness (QED) is 0.940. The minimum atomic E-state index is -0.115. The molecular formula is C16H22N4O. The Morgan fingerprint density at radius 3 is 2.52 bits per heavy atom. The number of rotatable bonds is 3. The summed E-state index contributed by atoms with van der Waals surface area (Å²) in [6, 6.07) is 6.24. The van der Waals surface area contributed by atoms with Gasteiger partial charge in [-0.2, -0.15) is 5.10 Å². The van der Waals surface area contributed by atoms with E-state index in [9.17, 15) is 4.79 Å². The number of carbonyl (C=O) groups is 1. The Morgan fingerprint density at radius 2 is 2.00 bits per heavy atom. The van der Waals surface area contributed by atoms with Crippen LogP contribution in [0.1, 0.15) is 32.9 Å². The number of aryl methyl sites for hydroxylation is 4. The first-order valence-corrected chi connectivity index (χ1v) is 6.92. The molecule has 1 heterocycles. The van der Waals surface area contributed by atoms with Gasteiger partial charge in [0, 0.05) is 20.6 Å². The van der Waals surface area contributed by atoms with Crippen LogP contribution in [0.3, 0.4) is 0 Å². The van der Waals surface area contributed by atoms with Crippen molar-refractivity contribution in [3.05, 3.63) is 46.3 Å². The largest absolute Gasteiger partial charge is 0.395 e. The summed E-state index contributed by atoms with van der Waals surface area (Å²) in [6.45, 7) is 6.47. The van der Waals surface area contributed by atoms with Gasteiger partial charge in [-0.15, -0.1) is 0 Å². The zero-order valence-electron chi connectivity index (χ0n) is 13.3. The fraction of sp³-hybridized carbons (Fsp3) is 0.375. The molecule has 0 aliphatic heterocycles. The molecular weight excluding hydrogens is 264 g/mol. The van der Waals surface area contributed by atoms with Crippen molar-refractivity contribution in [2.75, 3.05) is 12.8 Å². The van der Waals surface area contributed by atoms with Gasteiger partial charge in [-0.05, 0) is 31.9 Å². The van der Waals surface area contributed by atoms with Crippen molar-refractivity contribution in [2.24, 2.45) is 7.05 Å². The summed E-state index contributed by atoms with van der Waals surface area (Å²) in [5, 5.41) is 4.19. The van der Waals surface area contributed by atoms with Crippen LogP contribution in [0.25, 0.3) is 0 Å². The number of nitrogens with zero attached hydrogens (tertiary/aromatic N) is 3. The number of carbonyl (C=O) groups excluding carboxylic acids is 1. The van der Waals surface area contributed by atoms with Crippen LogP contribution >= 0.6 is 0 Å². The molecule has 1 aromatic heterocycles. The number of nitrogens with two attached hydrogens (primary N) is 1. The molecule has 2 N–H and O–H groups in total. The highest BCUT2D eigenvalue weighted by molar-refractivity contribution is 5.97. The molecule has 0 spiro atoms. The summed E-state index contributed by atoms with van der Waals surface area (Å²) >= 11 is 0. The number of amides is 1. The van der Waals surface area contributed by atoms with E-state index in [0.29, 0.717) is 23.6 Å². The minimum Gasteiger partial charge on any atom is -0.395 e. The van der Waals surface area contributed by atoms with Crippen molar-refractivity contribution in [3.8, 4) is 0 Å². The maximum atomic E-state index is 12.6. The van der Waals surface area contributed by atoms with E-state index in [1.807, 2.05) is 0 Å². The lowest BCUT2D eigenvalue weighted by Gasteiger charge is -2.19. The Labute approximate surface area is 125 Å². The number of benzene rings is 1. The SMILES string of the molecule is Cc1ccc(CN(C)C(=O)c2c(N)c(C)nn2C)c(C)c1. The fourth-order valence-electron chi connectivity index (χ4n) is 2.46. The summed E-state index contributed by atoms with van der Waals surface area (Å²) in [7, 11) is 3.52. The van der Waals surface area contributed by atoms with Gasteiger partial charge in [-0.3, -0.25) is 9.48 Å². The summed E-state index contributed by atoms with van der Waals surface area (Å²) < 4.78 is 1.55. The number of hydrogen-bond acceptors (Lipinski definition) is 3. The molecule has 0 aliphatic carbocycles. The highest BCUT2D eigenvalue weighted by Crippen LogP contribution is 2.19. The van der Waals surface area contributed by atoms with E-state index in [1.165, 1.54) is 11.1 Å². The topological polar surface area (TPSA) is 64.2 Å². The van der Waals surface area contributed by atoms with Gasteiger partial charge in [-0.1, -0.05) is 23.8 Å². The predicted octanol–water partition coefficient (Wildman–Crippen LogP) is 2.20. The molecule has 2 rings (SSSR count). The van der Waals surface area contributed by atoms with Crippen LogP contribution in [0.4, 0.5) is 5.69 Å². The van der Waals surface area contributed by atoms with E-state index in [-0.39, 0.29) is 5.91 Å². The van der Waals surface area contributed by atoms with Crippen LogP contribution in [0.5, 0.6) is 0 Å². The third-order valence-corrected chi connectivity index (χ3v) is 3.72. The third-order valence-electron chi connectivity index (χ3n) is 3.72. The van der Waals surface area contributed by atoms with Crippen molar-refractivity contribution in [3.63, 3.8) is 0 Å². The molecule has 0 bridgehead atoms. The first-order chi connectivity index (χ1) is 9.81. The van der Waals surface area contributed by atoms with E-state index < -0.39 is 0 Å². The van der Waals surface area contributed by atoms with Crippen molar-refractivity contribution in [1.82, 2.24) is 14.7 Å². The standard InChI is InChI=1S/C16H22N4O/c1-10-6-7-13(11(2)8-10)9-19(4)16(21)15-14(17)12(3)18-20(15)5/h6-8H,9,17H2,1-5H3. The van der Waals surface area contributed by atoms with E-state index in [2.05, 4.69) is 37.1 Å². The number of anilines is 1. The van der Waals surface area contributed by atoms with Crippen molar-refractivity contribution >= 4 is 11.6 Å². The zero-order valence-corrected chi connectivity index (χ0v) is 13.3. The van der Waals surface area contributed by atoms with Crippen LogP contribution in [-0.2, 0) is 13.6 Å². The van der Waals surface area contributed by atoms with Crippen molar-refractivity contribution < 1.29 is 4.79 Å². The Hall–Kier alpha value is -2.30. The molecule has 0 saturated carbocycles. The Kier molecular flexibility index (Phi) is 4.02. The number of aromatic nitrogens is 2. The van der Waals surface area contributed by atoms with Gasteiger partial charge in [0.05, 0.1) is 11.4 Å². The lowest BCUT2D eigenvalue weighted by atomic mass is 10.1. The van der Waals surface area contributed by atoms with Crippen LogP contribution in [0.2, 0.25) is 0 Å².